The Morgan fingerprint density at radius 3 is 2.38 bits per heavy atom. The molecule has 4 aromatic rings. The summed E-state index contributed by atoms with van der Waals surface area (Å²) in [6, 6.07) is 14.1. The molecule has 40 heavy (non-hydrogen) atoms. The number of fused-ring (bicyclic) bond motifs is 4. The van der Waals surface area contributed by atoms with Gasteiger partial charge in [-0.3, -0.25) is 14.6 Å². The van der Waals surface area contributed by atoms with Crippen LogP contribution in [0.15, 0.2) is 46.9 Å². The Balaban J connectivity index is 1.19. The number of carbonyl (C=O) groups excluding carboxylic acids is 1. The zero-order valence-corrected chi connectivity index (χ0v) is 23.1. The molecule has 0 radical (unpaired) electrons. The summed E-state index contributed by atoms with van der Waals surface area (Å²) in [5.41, 5.74) is 4.69. The maximum Gasteiger partial charge on any atom is 0.261 e. The van der Waals surface area contributed by atoms with Crippen molar-refractivity contribution in [3.8, 4) is 5.75 Å². The number of amides is 1. The van der Waals surface area contributed by atoms with Crippen molar-refractivity contribution in [3.63, 3.8) is 0 Å². The lowest BCUT2D eigenvalue weighted by atomic mass is 10.1. The fourth-order valence-electron chi connectivity index (χ4n) is 5.59. The Hall–Kier alpha value is -3.44. The summed E-state index contributed by atoms with van der Waals surface area (Å²) >= 11 is 0. The summed E-state index contributed by atoms with van der Waals surface area (Å²) < 4.78 is 25.4. The van der Waals surface area contributed by atoms with Gasteiger partial charge in [0.25, 0.3) is 11.4 Å². The summed E-state index contributed by atoms with van der Waals surface area (Å²) in [5.74, 6) is 0.502. The van der Waals surface area contributed by atoms with Crippen LogP contribution in [0.2, 0.25) is 0 Å². The van der Waals surface area contributed by atoms with E-state index in [2.05, 4.69) is 56.3 Å². The Morgan fingerprint density at radius 1 is 0.925 bits per heavy atom. The van der Waals surface area contributed by atoms with Gasteiger partial charge in [0, 0.05) is 58.4 Å². The molecule has 2 saturated heterocycles. The van der Waals surface area contributed by atoms with Gasteiger partial charge in [-0.15, -0.1) is 0 Å². The van der Waals surface area contributed by atoms with Crippen molar-refractivity contribution < 1.29 is 28.0 Å². The molecule has 2 aromatic carbocycles. The van der Waals surface area contributed by atoms with E-state index in [0.29, 0.717) is 12.3 Å². The highest BCUT2D eigenvalue weighted by molar-refractivity contribution is 6.11. The molecule has 1 amide bonds. The van der Waals surface area contributed by atoms with Crippen molar-refractivity contribution in [3.05, 3.63) is 42.5 Å². The molecule has 2 aliphatic rings. The van der Waals surface area contributed by atoms with Crippen LogP contribution in [-0.2, 0) is 21.3 Å². The molecular formula is C30H38N5O5+. The highest BCUT2D eigenvalue weighted by atomic mass is 16.5. The molecule has 2 fully saturated rings. The van der Waals surface area contributed by atoms with E-state index in [-0.39, 0.29) is 12.5 Å². The fraction of sp³-hybridized carbons (Fsp3) is 0.467. The molecule has 212 valence electrons. The number of rotatable bonds is 10. The second kappa shape index (κ2) is 12.4. The van der Waals surface area contributed by atoms with Gasteiger partial charge in [-0.25, -0.2) is 0 Å². The molecule has 4 heterocycles. The van der Waals surface area contributed by atoms with Gasteiger partial charge >= 0.3 is 0 Å². The van der Waals surface area contributed by atoms with Crippen molar-refractivity contribution in [1.29, 1.82) is 0 Å². The number of benzene rings is 2. The minimum Gasteiger partial charge on any atom is -0.484 e. The third kappa shape index (κ3) is 5.85. The normalized spacial score (nSPS) is 17.0. The largest absolute Gasteiger partial charge is 0.484 e. The number of para-hydroxylation sites is 1. The molecule has 0 bridgehead atoms. The van der Waals surface area contributed by atoms with E-state index in [9.17, 15) is 4.79 Å². The van der Waals surface area contributed by atoms with Crippen LogP contribution in [0.4, 0.5) is 5.69 Å². The summed E-state index contributed by atoms with van der Waals surface area (Å²) in [6.45, 7) is 9.93. The van der Waals surface area contributed by atoms with Gasteiger partial charge in [0.2, 0.25) is 11.1 Å². The average Bonchev–Trinajstić information content (AvgIpc) is 3.38. The van der Waals surface area contributed by atoms with E-state index in [1.165, 1.54) is 0 Å². The van der Waals surface area contributed by atoms with Gasteiger partial charge in [0.05, 0.1) is 42.9 Å². The van der Waals surface area contributed by atoms with Crippen molar-refractivity contribution in [2.45, 2.75) is 0 Å². The van der Waals surface area contributed by atoms with E-state index in [1.807, 2.05) is 18.2 Å². The molecule has 0 spiro atoms. The van der Waals surface area contributed by atoms with Crippen LogP contribution in [0, 0.1) is 0 Å². The highest BCUT2D eigenvalue weighted by Gasteiger charge is 2.25. The van der Waals surface area contributed by atoms with Crippen LogP contribution in [0.25, 0.3) is 33.0 Å². The number of nitrogens with zero attached hydrogens (tertiary/aromatic N) is 3. The maximum atomic E-state index is 12.4. The summed E-state index contributed by atoms with van der Waals surface area (Å²) in [6.07, 6.45) is 0. The highest BCUT2D eigenvalue weighted by Crippen LogP contribution is 2.37. The number of morpholine rings is 2. The van der Waals surface area contributed by atoms with Crippen molar-refractivity contribution >= 4 is 44.6 Å². The van der Waals surface area contributed by atoms with Gasteiger partial charge in [-0.05, 0) is 24.3 Å². The van der Waals surface area contributed by atoms with Gasteiger partial charge in [0.15, 0.2) is 6.61 Å². The van der Waals surface area contributed by atoms with Gasteiger partial charge in [0.1, 0.15) is 18.4 Å². The van der Waals surface area contributed by atoms with Crippen molar-refractivity contribution in [2.24, 2.45) is 7.05 Å². The molecule has 0 aliphatic carbocycles. The minimum atomic E-state index is -0.131. The monoisotopic (exact) mass is 548 g/mol. The molecule has 2 N–H and O–H groups in total. The van der Waals surface area contributed by atoms with E-state index < -0.39 is 0 Å². The Labute approximate surface area is 233 Å². The van der Waals surface area contributed by atoms with Gasteiger partial charge in [-0.2, -0.15) is 4.57 Å². The number of nitrogens with one attached hydrogen (secondary N) is 2. The first-order valence-corrected chi connectivity index (χ1v) is 14.2. The fourth-order valence-corrected chi connectivity index (χ4v) is 5.59. The first-order valence-electron chi connectivity index (χ1n) is 14.2. The molecule has 10 nitrogen and oxygen atoms in total. The van der Waals surface area contributed by atoms with Crippen LogP contribution in [-0.4, -0.2) is 101 Å². The quantitative estimate of drug-likeness (QED) is 0.292. The summed E-state index contributed by atoms with van der Waals surface area (Å²) in [7, 11) is 2.06. The first kappa shape index (κ1) is 26.8. The number of carbonyl (C=O) groups is 1. The number of hydrogen-bond donors (Lipinski definition) is 2. The van der Waals surface area contributed by atoms with E-state index in [1.54, 1.807) is 0 Å². The van der Waals surface area contributed by atoms with Gasteiger partial charge < -0.3 is 29.3 Å². The van der Waals surface area contributed by atoms with Crippen LogP contribution >= 0.6 is 0 Å². The molecule has 2 aliphatic heterocycles. The van der Waals surface area contributed by atoms with Crippen molar-refractivity contribution in [2.75, 3.05) is 90.7 Å². The molecule has 10 heteroatoms. The van der Waals surface area contributed by atoms with Crippen LogP contribution in [0.1, 0.15) is 0 Å². The van der Waals surface area contributed by atoms with E-state index >= 15 is 0 Å². The minimum absolute atomic E-state index is 0.0339. The Morgan fingerprint density at radius 2 is 1.62 bits per heavy atom. The lowest BCUT2D eigenvalue weighted by molar-refractivity contribution is -0.616. The molecule has 0 atom stereocenters. The molecule has 2 aromatic heterocycles. The Kier molecular flexibility index (Phi) is 8.29. The molecule has 6 rings (SSSR count). The predicted molar refractivity (Wildman–Crippen MR) is 154 cm³/mol. The number of hydrogen-bond acceptors (Lipinski definition) is 8. The number of aryl methyl sites for hydroxylation is 1. The van der Waals surface area contributed by atoms with Crippen LogP contribution in [0.3, 0.4) is 0 Å². The second-order valence-electron chi connectivity index (χ2n) is 10.4. The zero-order valence-electron chi connectivity index (χ0n) is 23.1. The first-order chi connectivity index (χ1) is 19.7. The third-order valence-electron chi connectivity index (χ3n) is 7.79. The summed E-state index contributed by atoms with van der Waals surface area (Å²) in [5, 5.41) is 8.70. The van der Waals surface area contributed by atoms with E-state index in [4.69, 9.17) is 18.6 Å². The summed E-state index contributed by atoms with van der Waals surface area (Å²) in [4.78, 5) is 17.1. The maximum absolute atomic E-state index is 12.4. The van der Waals surface area contributed by atoms with Crippen LogP contribution in [0.5, 0.6) is 5.75 Å². The van der Waals surface area contributed by atoms with Crippen LogP contribution < -0.4 is 19.9 Å². The zero-order chi connectivity index (χ0) is 27.3. The Bertz CT molecular complexity index is 1480. The SMILES string of the molecule is C[n+]1c2ccccc2c(NCCN2CCOCC2)c2oc3ccc(OCC(=O)NCCN4CCOCC4)cc3c21. The topological polar surface area (TPSA) is 92.3 Å². The third-order valence-corrected chi connectivity index (χ3v) is 7.79. The average molecular weight is 549 g/mol. The lowest BCUT2D eigenvalue weighted by Gasteiger charge is -2.26. The van der Waals surface area contributed by atoms with Crippen molar-refractivity contribution in [1.82, 2.24) is 15.1 Å². The predicted octanol–water partition coefficient (Wildman–Crippen LogP) is 2.14. The number of anilines is 1. The van der Waals surface area contributed by atoms with Gasteiger partial charge in [-0.1, -0.05) is 12.1 Å². The van der Waals surface area contributed by atoms with E-state index in [0.717, 1.165) is 111 Å². The standard InChI is InChI=1S/C30H37N5O5/c1-33-25-5-3-2-4-23(25)28(32-9-11-35-14-18-38-19-15-35)30-29(33)24-20-22(6-7-26(24)40-30)39-21-27(36)31-8-10-34-12-16-37-17-13-34/h2-7,20H,8-19,21H2,1H3,(H,31,36)/p+1. The number of pyridine rings is 1. The molecule has 0 saturated carbocycles. The smallest absolute Gasteiger partial charge is 0.261 e. The number of furan rings is 1. The molecule has 0 unspecified atom stereocenters. The number of aromatic nitrogens is 1. The number of ether oxygens (including phenoxy) is 3. The second-order valence-corrected chi connectivity index (χ2v) is 10.4. The molecular weight excluding hydrogens is 510 g/mol. The lowest BCUT2D eigenvalue weighted by Crippen LogP contribution is -2.42.